The van der Waals surface area contributed by atoms with Crippen LogP contribution in [-0.4, -0.2) is 34.5 Å². The molecule has 0 radical (unpaired) electrons. The van der Waals surface area contributed by atoms with Gasteiger partial charge in [-0.1, -0.05) is 31.4 Å². The highest BCUT2D eigenvalue weighted by Gasteiger charge is 2.30. The summed E-state index contributed by atoms with van der Waals surface area (Å²) in [7, 11) is 1.56. The summed E-state index contributed by atoms with van der Waals surface area (Å²) in [5.74, 6) is 0.968. The molecule has 3 aromatic rings. The number of nitrogens with one attached hydrogen (secondary N) is 1. The van der Waals surface area contributed by atoms with Crippen molar-refractivity contribution >= 4 is 28.8 Å². The van der Waals surface area contributed by atoms with Gasteiger partial charge >= 0.3 is 6.09 Å². The molecule has 8 heteroatoms. The second-order valence-corrected chi connectivity index (χ2v) is 9.50. The van der Waals surface area contributed by atoms with E-state index in [9.17, 15) is 10.1 Å². The summed E-state index contributed by atoms with van der Waals surface area (Å²) >= 11 is 0. The Balaban J connectivity index is 1.91. The number of carbonyl (C=O) groups excluding carboxylic acids is 1. The van der Waals surface area contributed by atoms with Gasteiger partial charge in [0.2, 0.25) is 0 Å². The number of methoxy groups -OCH3 is 1. The fourth-order valence-corrected chi connectivity index (χ4v) is 4.37. The molecule has 0 unspecified atom stereocenters. The molecule has 2 heterocycles. The number of ether oxygens (including phenoxy) is 2. The molecule has 1 aliphatic rings. The van der Waals surface area contributed by atoms with Gasteiger partial charge in [0, 0.05) is 12.1 Å². The lowest BCUT2D eigenvalue weighted by atomic mass is 9.95. The zero-order valence-electron chi connectivity index (χ0n) is 20.2. The molecule has 1 N–H and O–H groups in total. The fraction of sp³-hybridized carbons (Fsp3) is 0.423. The molecule has 34 heavy (non-hydrogen) atoms. The van der Waals surface area contributed by atoms with Crippen LogP contribution in [0, 0.1) is 11.3 Å². The Labute approximate surface area is 200 Å². The number of rotatable bonds is 5. The molecule has 1 fully saturated rings. The number of carbonyl (C=O) groups is 1. The Morgan fingerprint density at radius 1 is 1.21 bits per heavy atom. The van der Waals surface area contributed by atoms with Crippen LogP contribution in [0.25, 0.3) is 5.52 Å². The minimum Gasteiger partial charge on any atom is -0.495 e. The first-order chi connectivity index (χ1) is 16.3. The standard InChI is InChI=1S/C26H31N5O3/c1-26(2,3)34-25(32)30(22-12-8-9-13-23(22)33-4)24-16-20(29-18-10-6-5-7-11-18)19(17-27)21-14-15-28-31(21)24/h8-9,12-16,18,29H,5-7,10-11H2,1-4H3. The van der Waals surface area contributed by atoms with Gasteiger partial charge in [0.25, 0.3) is 0 Å². The second-order valence-electron chi connectivity index (χ2n) is 9.50. The smallest absolute Gasteiger partial charge is 0.420 e. The minimum atomic E-state index is -0.712. The molecule has 0 atom stereocenters. The summed E-state index contributed by atoms with van der Waals surface area (Å²) < 4.78 is 13.0. The predicted molar refractivity (Wildman–Crippen MR) is 132 cm³/mol. The van der Waals surface area contributed by atoms with Gasteiger partial charge in [-0.2, -0.15) is 10.4 Å². The van der Waals surface area contributed by atoms with Crippen molar-refractivity contribution in [1.29, 1.82) is 5.26 Å². The molecule has 0 bridgehead atoms. The van der Waals surface area contributed by atoms with Gasteiger partial charge < -0.3 is 14.8 Å². The summed E-state index contributed by atoms with van der Waals surface area (Å²) in [6.07, 6.45) is 6.71. The van der Waals surface area contributed by atoms with E-state index in [1.165, 1.54) is 11.3 Å². The number of para-hydroxylation sites is 2. The maximum absolute atomic E-state index is 13.6. The average molecular weight is 462 g/mol. The Morgan fingerprint density at radius 2 is 1.94 bits per heavy atom. The first-order valence-corrected chi connectivity index (χ1v) is 11.7. The van der Waals surface area contributed by atoms with Crippen molar-refractivity contribution < 1.29 is 14.3 Å². The topological polar surface area (TPSA) is 91.9 Å². The van der Waals surface area contributed by atoms with Gasteiger partial charge in [-0.3, -0.25) is 0 Å². The molecular weight excluding hydrogens is 430 g/mol. The van der Waals surface area contributed by atoms with E-state index in [2.05, 4.69) is 16.5 Å². The summed E-state index contributed by atoms with van der Waals surface area (Å²) in [6, 6.07) is 13.5. The third-order valence-electron chi connectivity index (χ3n) is 5.87. The van der Waals surface area contributed by atoms with E-state index in [0.29, 0.717) is 34.0 Å². The number of hydrogen-bond donors (Lipinski definition) is 1. The summed E-state index contributed by atoms with van der Waals surface area (Å²) in [5, 5.41) is 18.0. The molecule has 0 saturated heterocycles. The van der Waals surface area contributed by atoms with Gasteiger partial charge in [-0.05, 0) is 51.8 Å². The largest absolute Gasteiger partial charge is 0.495 e. The minimum absolute atomic E-state index is 0.278. The normalized spacial score (nSPS) is 14.4. The molecule has 1 aliphatic carbocycles. The molecule has 1 aromatic carbocycles. The third kappa shape index (κ3) is 4.79. The summed E-state index contributed by atoms with van der Waals surface area (Å²) in [6.45, 7) is 5.47. The van der Waals surface area contributed by atoms with E-state index in [4.69, 9.17) is 9.47 Å². The molecule has 178 valence electrons. The quantitative estimate of drug-likeness (QED) is 0.499. The average Bonchev–Trinajstić information content (AvgIpc) is 3.29. The van der Waals surface area contributed by atoms with E-state index in [1.807, 2.05) is 39.0 Å². The van der Waals surface area contributed by atoms with E-state index in [-0.39, 0.29) is 6.04 Å². The molecular formula is C26H31N5O3. The van der Waals surface area contributed by atoms with Crippen molar-refractivity contribution in [3.8, 4) is 11.8 Å². The predicted octanol–water partition coefficient (Wildman–Crippen LogP) is 6.03. The zero-order chi connectivity index (χ0) is 24.3. The lowest BCUT2D eigenvalue weighted by Gasteiger charge is -2.30. The van der Waals surface area contributed by atoms with Crippen LogP contribution in [0.15, 0.2) is 42.6 Å². The van der Waals surface area contributed by atoms with E-state index >= 15 is 0 Å². The number of pyridine rings is 1. The number of benzene rings is 1. The molecule has 1 saturated carbocycles. The lowest BCUT2D eigenvalue weighted by molar-refractivity contribution is 0.0597. The lowest BCUT2D eigenvalue weighted by Crippen LogP contribution is -2.35. The van der Waals surface area contributed by atoms with Crippen LogP contribution in [0.5, 0.6) is 5.75 Å². The van der Waals surface area contributed by atoms with E-state index < -0.39 is 11.7 Å². The highest BCUT2D eigenvalue weighted by atomic mass is 16.6. The summed E-state index contributed by atoms with van der Waals surface area (Å²) in [5.41, 5.74) is 1.60. The Morgan fingerprint density at radius 3 is 2.62 bits per heavy atom. The first-order valence-electron chi connectivity index (χ1n) is 11.7. The number of anilines is 3. The molecule has 2 aromatic heterocycles. The number of fused-ring (bicyclic) bond motifs is 1. The van der Waals surface area contributed by atoms with Crippen LogP contribution in [-0.2, 0) is 4.74 Å². The number of hydrogen-bond acceptors (Lipinski definition) is 6. The Kier molecular flexibility index (Phi) is 6.64. The van der Waals surface area contributed by atoms with Crippen molar-refractivity contribution in [3.63, 3.8) is 0 Å². The van der Waals surface area contributed by atoms with Gasteiger partial charge in [0.05, 0.1) is 30.2 Å². The van der Waals surface area contributed by atoms with Crippen LogP contribution in [0.3, 0.4) is 0 Å². The molecule has 1 amide bonds. The molecule has 0 aliphatic heterocycles. The van der Waals surface area contributed by atoms with Gasteiger partial charge in [-0.25, -0.2) is 14.2 Å². The molecule has 4 rings (SSSR count). The second kappa shape index (κ2) is 9.64. The van der Waals surface area contributed by atoms with Crippen molar-refractivity contribution in [2.45, 2.75) is 64.5 Å². The van der Waals surface area contributed by atoms with Gasteiger partial charge in [-0.15, -0.1) is 0 Å². The monoisotopic (exact) mass is 461 g/mol. The number of amides is 1. The maximum Gasteiger partial charge on any atom is 0.420 e. The van der Waals surface area contributed by atoms with E-state index in [0.717, 1.165) is 25.7 Å². The molecule has 8 nitrogen and oxygen atoms in total. The van der Waals surface area contributed by atoms with Crippen LogP contribution in [0.1, 0.15) is 58.4 Å². The first kappa shape index (κ1) is 23.4. The molecule has 0 spiro atoms. The van der Waals surface area contributed by atoms with Crippen LogP contribution in [0.2, 0.25) is 0 Å². The van der Waals surface area contributed by atoms with Gasteiger partial charge in [0.15, 0.2) is 0 Å². The number of nitriles is 1. The SMILES string of the molecule is COc1ccccc1N(C(=O)OC(C)(C)C)c1cc(NC2CCCCC2)c(C#N)c2ccnn12. The van der Waals surface area contributed by atoms with Crippen molar-refractivity contribution in [2.75, 3.05) is 17.3 Å². The highest BCUT2D eigenvalue weighted by molar-refractivity contribution is 5.98. The van der Waals surface area contributed by atoms with Crippen molar-refractivity contribution in [2.24, 2.45) is 0 Å². The summed E-state index contributed by atoms with van der Waals surface area (Å²) in [4.78, 5) is 15.0. The number of nitrogens with zero attached hydrogens (tertiary/aromatic N) is 4. The Bertz CT molecular complexity index is 1220. The fourth-order valence-electron chi connectivity index (χ4n) is 4.37. The maximum atomic E-state index is 13.6. The van der Waals surface area contributed by atoms with Crippen LogP contribution < -0.4 is 15.0 Å². The van der Waals surface area contributed by atoms with Crippen molar-refractivity contribution in [1.82, 2.24) is 9.61 Å². The Hall–Kier alpha value is -3.73. The van der Waals surface area contributed by atoms with Crippen molar-refractivity contribution in [3.05, 3.63) is 48.2 Å². The zero-order valence-corrected chi connectivity index (χ0v) is 20.2. The third-order valence-corrected chi connectivity index (χ3v) is 5.87. The van der Waals surface area contributed by atoms with Crippen LogP contribution in [0.4, 0.5) is 22.0 Å². The van der Waals surface area contributed by atoms with E-state index in [1.54, 1.807) is 36.0 Å². The number of aromatic nitrogens is 2. The van der Waals surface area contributed by atoms with Crippen LogP contribution >= 0.6 is 0 Å². The highest BCUT2D eigenvalue weighted by Crippen LogP contribution is 2.38. The van der Waals surface area contributed by atoms with Gasteiger partial charge in [0.1, 0.15) is 28.8 Å².